The smallest absolute Gasteiger partial charge is 0.230 e. The fraction of sp³-hybridized carbons (Fsp3) is 0.714. The zero-order chi connectivity index (χ0) is 7.72. The molecule has 2 fully saturated rings. The Labute approximate surface area is 59.8 Å². The van der Waals surface area contributed by atoms with E-state index in [4.69, 9.17) is 0 Å². The Bertz CT molecular complexity index is 158. The van der Waals surface area contributed by atoms with Gasteiger partial charge in [0.15, 0.2) is 0 Å². The Morgan fingerprint density at radius 2 is 1.60 bits per heavy atom. The van der Waals surface area contributed by atoms with Gasteiger partial charge in [0.1, 0.15) is 0 Å². The van der Waals surface area contributed by atoms with Gasteiger partial charge in [-0.15, -0.1) is 0 Å². The Morgan fingerprint density at radius 1 is 1.20 bits per heavy atom. The lowest BCUT2D eigenvalue weighted by Crippen LogP contribution is -2.24. The van der Waals surface area contributed by atoms with Crippen LogP contribution in [-0.4, -0.2) is 11.8 Å². The normalized spacial score (nSPS) is 33.8. The van der Waals surface area contributed by atoms with Crippen LogP contribution in [0.3, 0.4) is 0 Å². The first-order chi connectivity index (χ1) is 4.79. The van der Waals surface area contributed by atoms with Crippen LogP contribution in [0.4, 0.5) is 0 Å². The highest BCUT2D eigenvalue weighted by molar-refractivity contribution is 6.08. The number of rotatable bonds is 0. The molecule has 0 spiro atoms. The quantitative estimate of drug-likeness (QED) is 0.493. The molecule has 10 heavy (non-hydrogen) atoms. The van der Waals surface area contributed by atoms with E-state index >= 15 is 0 Å². The van der Waals surface area contributed by atoms with E-state index in [1.807, 2.05) is 13.8 Å². The van der Waals surface area contributed by atoms with Crippen LogP contribution in [-0.2, 0) is 9.59 Å². The lowest BCUT2D eigenvalue weighted by molar-refractivity contribution is -0.127. The fourth-order valence-electron chi connectivity index (χ4n) is 1.08. The second kappa shape index (κ2) is 2.40. The van der Waals surface area contributed by atoms with E-state index in [1.54, 1.807) is 0 Å². The van der Waals surface area contributed by atoms with Crippen molar-refractivity contribution in [1.82, 2.24) is 5.32 Å². The molecule has 0 aromatic carbocycles. The highest BCUT2D eigenvalue weighted by Crippen LogP contribution is 2.42. The van der Waals surface area contributed by atoms with Crippen LogP contribution >= 0.6 is 0 Å². The molecule has 1 aliphatic heterocycles. The first kappa shape index (κ1) is 7.25. The highest BCUT2D eigenvalue weighted by atomic mass is 16.2. The van der Waals surface area contributed by atoms with Gasteiger partial charge < -0.3 is 0 Å². The minimum Gasteiger partial charge on any atom is -0.296 e. The number of carbonyl (C=O) groups excluding carboxylic acids is 2. The number of hydrogen-bond acceptors (Lipinski definition) is 2. The number of nitrogens with one attached hydrogen (secondary N) is 1. The van der Waals surface area contributed by atoms with Crippen LogP contribution < -0.4 is 5.32 Å². The molecule has 1 heterocycles. The topological polar surface area (TPSA) is 46.2 Å². The molecule has 2 amide bonds. The summed E-state index contributed by atoms with van der Waals surface area (Å²) < 4.78 is 0. The SMILES string of the molecule is CC.O=C1NC(=O)C2CC12. The van der Waals surface area contributed by atoms with E-state index in [2.05, 4.69) is 5.32 Å². The second-order valence-electron chi connectivity index (χ2n) is 2.30. The summed E-state index contributed by atoms with van der Waals surface area (Å²) in [6.45, 7) is 4.00. The molecule has 1 N–H and O–H groups in total. The number of piperidine rings is 1. The molecule has 0 radical (unpaired) electrons. The average Bonchev–Trinajstić information content (AvgIpc) is 2.65. The van der Waals surface area contributed by atoms with Gasteiger partial charge in [-0.1, -0.05) is 13.8 Å². The summed E-state index contributed by atoms with van der Waals surface area (Å²) in [5.41, 5.74) is 0. The van der Waals surface area contributed by atoms with Gasteiger partial charge in [0.25, 0.3) is 0 Å². The van der Waals surface area contributed by atoms with Gasteiger partial charge >= 0.3 is 0 Å². The van der Waals surface area contributed by atoms with E-state index in [-0.39, 0.29) is 23.7 Å². The van der Waals surface area contributed by atoms with Gasteiger partial charge in [-0.25, -0.2) is 0 Å². The van der Waals surface area contributed by atoms with Gasteiger partial charge in [-0.3, -0.25) is 14.9 Å². The van der Waals surface area contributed by atoms with Gasteiger partial charge in [0, 0.05) is 0 Å². The summed E-state index contributed by atoms with van der Waals surface area (Å²) in [7, 11) is 0. The van der Waals surface area contributed by atoms with Crippen LogP contribution in [0.25, 0.3) is 0 Å². The van der Waals surface area contributed by atoms with Crippen molar-refractivity contribution in [2.45, 2.75) is 20.3 Å². The van der Waals surface area contributed by atoms with Gasteiger partial charge in [0.2, 0.25) is 11.8 Å². The summed E-state index contributed by atoms with van der Waals surface area (Å²) >= 11 is 0. The molecular formula is C7H11NO2. The van der Waals surface area contributed by atoms with Crippen LogP contribution in [0.5, 0.6) is 0 Å². The van der Waals surface area contributed by atoms with E-state index in [0.717, 1.165) is 6.42 Å². The van der Waals surface area contributed by atoms with Crippen molar-refractivity contribution in [2.24, 2.45) is 11.8 Å². The molecule has 1 saturated heterocycles. The minimum atomic E-state index is -0.0694. The molecule has 0 bridgehead atoms. The number of fused-ring (bicyclic) bond motifs is 1. The Morgan fingerprint density at radius 3 is 1.70 bits per heavy atom. The number of imide groups is 1. The van der Waals surface area contributed by atoms with Crippen LogP contribution in [0.2, 0.25) is 0 Å². The molecule has 0 aromatic heterocycles. The largest absolute Gasteiger partial charge is 0.296 e. The molecule has 1 saturated carbocycles. The van der Waals surface area contributed by atoms with Crippen LogP contribution in [0.15, 0.2) is 0 Å². The molecule has 2 rings (SSSR count). The maximum absolute atomic E-state index is 10.5. The van der Waals surface area contributed by atoms with Gasteiger partial charge in [-0.05, 0) is 6.42 Å². The molecule has 2 aliphatic rings. The summed E-state index contributed by atoms with van der Waals surface area (Å²) in [6, 6.07) is 0. The second-order valence-corrected chi connectivity index (χ2v) is 2.30. The summed E-state index contributed by atoms with van der Waals surface area (Å²) in [5, 5.41) is 2.24. The molecule has 0 aromatic rings. The third kappa shape index (κ3) is 0.916. The van der Waals surface area contributed by atoms with Gasteiger partial charge in [-0.2, -0.15) is 0 Å². The van der Waals surface area contributed by atoms with Crippen molar-refractivity contribution in [1.29, 1.82) is 0 Å². The van der Waals surface area contributed by atoms with Gasteiger partial charge in [0.05, 0.1) is 11.8 Å². The first-order valence-electron chi connectivity index (χ1n) is 3.64. The predicted octanol–water partition coefficient (Wildman–Crippen LogP) is 0.305. The molecule has 1 aliphatic carbocycles. The van der Waals surface area contributed by atoms with E-state index < -0.39 is 0 Å². The maximum Gasteiger partial charge on any atom is 0.230 e. The minimum absolute atomic E-state index is 0.0579. The van der Waals surface area contributed by atoms with Crippen molar-refractivity contribution >= 4 is 11.8 Å². The average molecular weight is 141 g/mol. The first-order valence-corrected chi connectivity index (χ1v) is 3.64. The lowest BCUT2D eigenvalue weighted by Gasteiger charge is -1.88. The number of carbonyl (C=O) groups is 2. The molecule has 3 heteroatoms. The van der Waals surface area contributed by atoms with Crippen molar-refractivity contribution in [3.63, 3.8) is 0 Å². The monoisotopic (exact) mass is 141 g/mol. The predicted molar refractivity (Wildman–Crippen MR) is 36.1 cm³/mol. The van der Waals surface area contributed by atoms with E-state index in [9.17, 15) is 9.59 Å². The molecule has 56 valence electrons. The number of amides is 2. The molecular weight excluding hydrogens is 130 g/mol. The zero-order valence-electron chi connectivity index (χ0n) is 6.18. The van der Waals surface area contributed by atoms with Crippen molar-refractivity contribution in [2.75, 3.05) is 0 Å². The van der Waals surface area contributed by atoms with E-state index in [0.29, 0.717) is 0 Å². The molecule has 2 atom stereocenters. The van der Waals surface area contributed by atoms with Crippen LogP contribution in [0, 0.1) is 11.8 Å². The van der Waals surface area contributed by atoms with Crippen molar-refractivity contribution < 1.29 is 9.59 Å². The summed E-state index contributed by atoms with van der Waals surface area (Å²) in [5.74, 6) is -0.0231. The van der Waals surface area contributed by atoms with Crippen molar-refractivity contribution in [3.05, 3.63) is 0 Å². The fourth-order valence-corrected chi connectivity index (χ4v) is 1.08. The lowest BCUT2D eigenvalue weighted by atomic mass is 10.4. The standard InChI is InChI=1S/C5H5NO2.C2H6/c7-4-2-1-3(2)5(8)6-4;1-2/h2-3H,1H2,(H,6,7,8);1-2H3. The van der Waals surface area contributed by atoms with Crippen LogP contribution in [0.1, 0.15) is 20.3 Å². The molecule has 3 nitrogen and oxygen atoms in total. The Kier molecular flexibility index (Phi) is 1.74. The maximum atomic E-state index is 10.5. The zero-order valence-corrected chi connectivity index (χ0v) is 6.18. The highest BCUT2D eigenvalue weighted by Gasteiger charge is 2.54. The Hall–Kier alpha value is -0.860. The molecule has 2 unspecified atom stereocenters. The Balaban J connectivity index is 0.000000231. The number of hydrogen-bond donors (Lipinski definition) is 1. The summed E-state index contributed by atoms with van der Waals surface area (Å²) in [4.78, 5) is 21.0. The van der Waals surface area contributed by atoms with Crippen molar-refractivity contribution in [3.8, 4) is 0 Å². The van der Waals surface area contributed by atoms with E-state index in [1.165, 1.54) is 0 Å². The third-order valence-electron chi connectivity index (χ3n) is 1.71. The summed E-state index contributed by atoms with van der Waals surface area (Å²) in [6.07, 6.45) is 0.796. The third-order valence-corrected chi connectivity index (χ3v) is 1.71.